The molecule has 5 rings (SSSR count). The Morgan fingerprint density at radius 3 is 1.89 bits per heavy atom. The molecular formula is C29H27FN2O5. The first-order valence-corrected chi connectivity index (χ1v) is 12.0. The fraction of sp³-hybridized carbons (Fsp3) is 0.241. The summed E-state index contributed by atoms with van der Waals surface area (Å²) < 4.78 is 28.7. The van der Waals surface area contributed by atoms with Gasteiger partial charge in [-0.1, -0.05) is 91.0 Å². The van der Waals surface area contributed by atoms with Gasteiger partial charge in [0, 0.05) is 11.8 Å². The number of aryl methyl sites for hydroxylation is 1. The van der Waals surface area contributed by atoms with Crippen LogP contribution in [0.15, 0.2) is 107 Å². The summed E-state index contributed by atoms with van der Waals surface area (Å²) in [6.45, 7) is 1.33. The minimum absolute atomic E-state index is 0.173. The van der Waals surface area contributed by atoms with Gasteiger partial charge in [0.05, 0.1) is 6.61 Å². The van der Waals surface area contributed by atoms with E-state index in [-0.39, 0.29) is 12.2 Å². The Labute approximate surface area is 212 Å². The summed E-state index contributed by atoms with van der Waals surface area (Å²) in [5.74, 6) is 0. The predicted octanol–water partition coefficient (Wildman–Crippen LogP) is 3.45. The van der Waals surface area contributed by atoms with Crippen LogP contribution in [0.4, 0.5) is 4.39 Å². The lowest BCUT2D eigenvalue weighted by Crippen LogP contribution is -2.39. The summed E-state index contributed by atoms with van der Waals surface area (Å²) in [5.41, 5.74) is 0.308. The monoisotopic (exact) mass is 502 g/mol. The number of aliphatic hydroxyl groups excluding tert-OH is 1. The van der Waals surface area contributed by atoms with Gasteiger partial charge in [-0.25, -0.2) is 9.18 Å². The Morgan fingerprint density at radius 2 is 1.41 bits per heavy atom. The first-order valence-electron chi connectivity index (χ1n) is 12.0. The number of ether oxygens (including phenoxy) is 2. The molecule has 0 aliphatic carbocycles. The normalized spacial score (nSPS) is 21.7. The van der Waals surface area contributed by atoms with Crippen molar-refractivity contribution in [2.24, 2.45) is 0 Å². The minimum atomic E-state index is -1.91. The second-order valence-electron chi connectivity index (χ2n) is 9.07. The Kier molecular flexibility index (Phi) is 6.88. The van der Waals surface area contributed by atoms with Gasteiger partial charge in [0.25, 0.3) is 5.56 Å². The molecule has 0 amide bonds. The van der Waals surface area contributed by atoms with Crippen LogP contribution in [-0.4, -0.2) is 39.6 Å². The van der Waals surface area contributed by atoms with Crippen molar-refractivity contribution in [3.63, 3.8) is 0 Å². The molecule has 2 N–H and O–H groups in total. The van der Waals surface area contributed by atoms with E-state index >= 15 is 4.39 Å². The quantitative estimate of drug-likeness (QED) is 0.378. The molecule has 1 aliphatic heterocycles. The summed E-state index contributed by atoms with van der Waals surface area (Å²) in [5, 5.41) is 10.7. The molecule has 0 radical (unpaired) electrons. The van der Waals surface area contributed by atoms with Crippen LogP contribution in [0.5, 0.6) is 0 Å². The van der Waals surface area contributed by atoms with E-state index < -0.39 is 41.5 Å². The fourth-order valence-electron chi connectivity index (χ4n) is 4.82. The predicted molar refractivity (Wildman–Crippen MR) is 136 cm³/mol. The summed E-state index contributed by atoms with van der Waals surface area (Å²) >= 11 is 0. The van der Waals surface area contributed by atoms with Gasteiger partial charge in [-0.2, -0.15) is 0 Å². The van der Waals surface area contributed by atoms with Gasteiger partial charge in [0.15, 0.2) is 12.4 Å². The zero-order valence-electron chi connectivity index (χ0n) is 20.2. The van der Waals surface area contributed by atoms with Crippen molar-refractivity contribution >= 4 is 0 Å². The molecule has 3 aromatic carbocycles. The van der Waals surface area contributed by atoms with Gasteiger partial charge in [0.2, 0.25) is 0 Å². The maximum atomic E-state index is 15.2. The lowest BCUT2D eigenvalue weighted by atomic mass is 9.80. The highest BCUT2D eigenvalue weighted by Gasteiger charge is 2.47. The number of rotatable bonds is 7. The third-order valence-electron chi connectivity index (χ3n) is 6.72. The number of benzene rings is 3. The molecule has 2 heterocycles. The van der Waals surface area contributed by atoms with Crippen LogP contribution < -0.4 is 11.2 Å². The first kappa shape index (κ1) is 24.8. The molecule has 0 spiro atoms. The van der Waals surface area contributed by atoms with Crippen molar-refractivity contribution in [1.29, 1.82) is 0 Å². The number of H-pyrrole nitrogens is 1. The average molecular weight is 503 g/mol. The lowest BCUT2D eigenvalue weighted by Gasteiger charge is -2.37. The molecule has 7 nitrogen and oxygen atoms in total. The first-order chi connectivity index (χ1) is 17.9. The van der Waals surface area contributed by atoms with Crippen LogP contribution in [-0.2, 0) is 15.1 Å². The van der Waals surface area contributed by atoms with Crippen molar-refractivity contribution in [2.75, 3.05) is 6.61 Å². The molecule has 4 atom stereocenters. The van der Waals surface area contributed by atoms with Gasteiger partial charge in [-0.15, -0.1) is 0 Å². The number of hydrogen-bond acceptors (Lipinski definition) is 5. The highest BCUT2D eigenvalue weighted by Crippen LogP contribution is 2.41. The standard InChI is InChI=1S/C29H27FN2O5/c1-19-17-32(28(35)31-26(19)34)27-24(30)25(33)23(37-27)18-36-29(20-11-5-2-6-12-20,21-13-7-3-8-14-21)22-15-9-4-10-16-22/h2-17,23-25,27,33H,18H2,1H3,(H,31,34,35)/t23-,24-,25-,27-/m1/s1. The third-order valence-corrected chi connectivity index (χ3v) is 6.72. The average Bonchev–Trinajstić information content (AvgIpc) is 3.21. The number of aromatic nitrogens is 2. The molecule has 0 saturated carbocycles. The Hall–Kier alpha value is -3.85. The van der Waals surface area contributed by atoms with Gasteiger partial charge >= 0.3 is 5.69 Å². The van der Waals surface area contributed by atoms with E-state index in [1.54, 1.807) is 0 Å². The number of aliphatic hydroxyl groups is 1. The maximum Gasteiger partial charge on any atom is 0.330 e. The Bertz CT molecular complexity index is 1360. The zero-order valence-corrected chi connectivity index (χ0v) is 20.2. The molecule has 4 aromatic rings. The third kappa shape index (κ3) is 4.55. The van der Waals surface area contributed by atoms with E-state index in [0.29, 0.717) is 0 Å². The van der Waals surface area contributed by atoms with Crippen LogP contribution in [0.1, 0.15) is 28.5 Å². The van der Waals surface area contributed by atoms with Crippen molar-refractivity contribution in [3.05, 3.63) is 140 Å². The van der Waals surface area contributed by atoms with E-state index in [1.165, 1.54) is 13.1 Å². The number of alkyl halides is 1. The molecule has 1 saturated heterocycles. The molecule has 8 heteroatoms. The molecule has 0 unspecified atom stereocenters. The maximum absolute atomic E-state index is 15.2. The molecule has 190 valence electrons. The van der Waals surface area contributed by atoms with Gasteiger partial charge < -0.3 is 14.6 Å². The summed E-state index contributed by atoms with van der Waals surface area (Å²) in [6, 6.07) is 29.0. The fourth-order valence-corrected chi connectivity index (χ4v) is 4.82. The number of nitrogens with zero attached hydrogens (tertiary/aromatic N) is 1. The highest BCUT2D eigenvalue weighted by atomic mass is 19.1. The topological polar surface area (TPSA) is 93.6 Å². The van der Waals surface area contributed by atoms with Crippen LogP contribution in [0.25, 0.3) is 0 Å². The second-order valence-corrected chi connectivity index (χ2v) is 9.07. The van der Waals surface area contributed by atoms with E-state index in [4.69, 9.17) is 9.47 Å². The van der Waals surface area contributed by atoms with Gasteiger partial charge in [-0.05, 0) is 23.6 Å². The minimum Gasteiger partial charge on any atom is -0.387 e. The molecule has 1 aliphatic rings. The highest BCUT2D eigenvalue weighted by molar-refractivity contribution is 5.47. The van der Waals surface area contributed by atoms with Crippen molar-refractivity contribution in [1.82, 2.24) is 9.55 Å². The van der Waals surface area contributed by atoms with Crippen LogP contribution in [0.3, 0.4) is 0 Å². The second kappa shape index (κ2) is 10.3. The Balaban J connectivity index is 1.53. The number of nitrogens with one attached hydrogen (secondary N) is 1. The van der Waals surface area contributed by atoms with Crippen LogP contribution >= 0.6 is 0 Å². The van der Waals surface area contributed by atoms with E-state index in [0.717, 1.165) is 21.3 Å². The summed E-state index contributed by atoms with van der Waals surface area (Å²) in [6.07, 6.45) is -4.71. The molecule has 1 fully saturated rings. The molecule has 1 aromatic heterocycles. The smallest absolute Gasteiger partial charge is 0.330 e. The van der Waals surface area contributed by atoms with Crippen molar-refractivity contribution in [3.8, 4) is 0 Å². The number of halogens is 1. The summed E-state index contributed by atoms with van der Waals surface area (Å²) in [4.78, 5) is 26.3. The van der Waals surface area contributed by atoms with Gasteiger partial charge in [-0.3, -0.25) is 14.3 Å². The number of aromatic amines is 1. The van der Waals surface area contributed by atoms with Crippen molar-refractivity contribution in [2.45, 2.75) is 37.1 Å². The SMILES string of the molecule is Cc1cn([C@@H]2O[C@H](COC(c3ccccc3)(c3ccccc3)c3ccccc3)[C@@H](O)[C@H]2F)c(=O)[nH]c1=O. The molecular weight excluding hydrogens is 475 g/mol. The number of hydrogen-bond donors (Lipinski definition) is 2. The van der Waals surface area contributed by atoms with E-state index in [1.807, 2.05) is 91.0 Å². The van der Waals surface area contributed by atoms with Crippen molar-refractivity contribution < 1.29 is 19.0 Å². The largest absolute Gasteiger partial charge is 0.387 e. The van der Waals surface area contributed by atoms with E-state index in [2.05, 4.69) is 4.98 Å². The van der Waals surface area contributed by atoms with Crippen LogP contribution in [0.2, 0.25) is 0 Å². The molecule has 0 bridgehead atoms. The van der Waals surface area contributed by atoms with Crippen LogP contribution in [0, 0.1) is 6.92 Å². The summed E-state index contributed by atoms with van der Waals surface area (Å²) in [7, 11) is 0. The zero-order chi connectivity index (χ0) is 26.0. The Morgan fingerprint density at radius 1 is 0.919 bits per heavy atom. The van der Waals surface area contributed by atoms with Gasteiger partial charge in [0.1, 0.15) is 17.8 Å². The lowest BCUT2D eigenvalue weighted by molar-refractivity contribution is -0.0950. The molecule has 37 heavy (non-hydrogen) atoms. The van der Waals surface area contributed by atoms with E-state index in [9.17, 15) is 14.7 Å².